The molecule has 4 atom stereocenters. The molecule has 0 aromatic rings. The van der Waals surface area contributed by atoms with Crippen LogP contribution in [0.3, 0.4) is 0 Å². The summed E-state index contributed by atoms with van der Waals surface area (Å²) in [7, 11) is 0. The standard InChI is InChI=1S/C13H21F3/c1-9-4-10-6-11(2,5-9)8-12(3,7-10)13(14,15)16/h9-10H,4-8H2,1-3H3. The molecule has 16 heavy (non-hydrogen) atoms. The van der Waals surface area contributed by atoms with Crippen LogP contribution in [-0.4, -0.2) is 6.18 Å². The quantitative estimate of drug-likeness (QED) is 0.565. The fraction of sp³-hybridized carbons (Fsp3) is 1.00. The molecule has 2 saturated carbocycles. The zero-order valence-electron chi connectivity index (χ0n) is 10.3. The number of alkyl halides is 3. The highest BCUT2D eigenvalue weighted by molar-refractivity contribution is 5.00. The Bertz CT molecular complexity index is 279. The normalized spacial score (nSPS) is 49.1. The summed E-state index contributed by atoms with van der Waals surface area (Å²) in [4.78, 5) is 0. The van der Waals surface area contributed by atoms with Gasteiger partial charge in [0.1, 0.15) is 0 Å². The molecule has 0 saturated heterocycles. The monoisotopic (exact) mass is 234 g/mol. The van der Waals surface area contributed by atoms with Crippen molar-refractivity contribution in [2.75, 3.05) is 0 Å². The predicted octanol–water partition coefficient (Wildman–Crippen LogP) is 4.79. The zero-order chi connectivity index (χ0) is 12.2. The molecule has 0 aromatic heterocycles. The summed E-state index contributed by atoms with van der Waals surface area (Å²) in [5.41, 5.74) is -1.52. The van der Waals surface area contributed by atoms with Crippen LogP contribution in [-0.2, 0) is 0 Å². The summed E-state index contributed by atoms with van der Waals surface area (Å²) in [6, 6.07) is 0. The number of hydrogen-bond donors (Lipinski definition) is 0. The van der Waals surface area contributed by atoms with Crippen LogP contribution in [0.1, 0.15) is 52.9 Å². The van der Waals surface area contributed by atoms with Gasteiger partial charge < -0.3 is 0 Å². The molecule has 2 bridgehead atoms. The summed E-state index contributed by atoms with van der Waals surface area (Å²) >= 11 is 0. The van der Waals surface area contributed by atoms with Crippen molar-refractivity contribution >= 4 is 0 Å². The Kier molecular flexibility index (Phi) is 2.60. The Hall–Kier alpha value is -0.210. The summed E-state index contributed by atoms with van der Waals surface area (Å²) in [6.45, 7) is 5.66. The second-order valence-corrected chi connectivity index (χ2v) is 6.87. The molecule has 2 rings (SSSR count). The van der Waals surface area contributed by atoms with Crippen LogP contribution in [0.4, 0.5) is 13.2 Å². The first-order chi connectivity index (χ1) is 7.14. The molecule has 94 valence electrons. The molecule has 4 unspecified atom stereocenters. The fourth-order valence-electron chi connectivity index (χ4n) is 4.52. The molecule has 0 radical (unpaired) electrons. The van der Waals surface area contributed by atoms with Gasteiger partial charge in [-0.3, -0.25) is 0 Å². The van der Waals surface area contributed by atoms with Crippen LogP contribution in [0.25, 0.3) is 0 Å². The molecule has 2 fully saturated rings. The van der Waals surface area contributed by atoms with E-state index in [2.05, 4.69) is 13.8 Å². The molecule has 0 amide bonds. The minimum absolute atomic E-state index is 0.0785. The second kappa shape index (κ2) is 3.39. The molecule has 0 spiro atoms. The van der Waals surface area contributed by atoms with Crippen LogP contribution in [0.5, 0.6) is 0 Å². The van der Waals surface area contributed by atoms with Gasteiger partial charge in [0.25, 0.3) is 0 Å². The average Bonchev–Trinajstić information content (AvgIpc) is 1.95. The van der Waals surface area contributed by atoms with E-state index in [1.54, 1.807) is 0 Å². The van der Waals surface area contributed by atoms with E-state index in [0.29, 0.717) is 18.8 Å². The summed E-state index contributed by atoms with van der Waals surface area (Å²) < 4.78 is 39.3. The number of halogens is 3. The molecule has 0 aromatic carbocycles. The van der Waals surface area contributed by atoms with Crippen LogP contribution >= 0.6 is 0 Å². The second-order valence-electron chi connectivity index (χ2n) is 6.87. The first-order valence-corrected chi connectivity index (χ1v) is 6.20. The largest absolute Gasteiger partial charge is 0.394 e. The molecule has 3 heteroatoms. The lowest BCUT2D eigenvalue weighted by Crippen LogP contribution is -2.48. The number of rotatable bonds is 0. The first-order valence-electron chi connectivity index (χ1n) is 6.20. The zero-order valence-corrected chi connectivity index (χ0v) is 10.3. The van der Waals surface area contributed by atoms with E-state index in [-0.39, 0.29) is 11.3 Å². The average molecular weight is 234 g/mol. The third-order valence-corrected chi connectivity index (χ3v) is 4.60. The van der Waals surface area contributed by atoms with Crippen molar-refractivity contribution in [3.05, 3.63) is 0 Å². The maximum Gasteiger partial charge on any atom is 0.394 e. The van der Waals surface area contributed by atoms with Gasteiger partial charge in [-0.05, 0) is 49.4 Å². The Morgan fingerprint density at radius 1 is 1.06 bits per heavy atom. The van der Waals surface area contributed by atoms with Crippen LogP contribution in [0.2, 0.25) is 0 Å². The summed E-state index contributed by atoms with van der Waals surface area (Å²) in [6.07, 6.45) is -0.409. The third kappa shape index (κ3) is 1.98. The molecule has 2 aliphatic carbocycles. The van der Waals surface area contributed by atoms with Gasteiger partial charge in [0.2, 0.25) is 0 Å². The lowest BCUT2D eigenvalue weighted by atomic mass is 9.53. The van der Waals surface area contributed by atoms with Crippen LogP contribution in [0.15, 0.2) is 0 Å². The van der Waals surface area contributed by atoms with Crippen molar-refractivity contribution in [3.8, 4) is 0 Å². The molecular formula is C13H21F3. The van der Waals surface area contributed by atoms with Crippen molar-refractivity contribution in [2.24, 2.45) is 22.7 Å². The third-order valence-electron chi connectivity index (χ3n) is 4.60. The first kappa shape index (κ1) is 12.3. The van der Waals surface area contributed by atoms with E-state index in [0.717, 1.165) is 19.3 Å². The minimum Gasteiger partial charge on any atom is -0.171 e. The molecule has 0 heterocycles. The van der Waals surface area contributed by atoms with Crippen molar-refractivity contribution in [3.63, 3.8) is 0 Å². The lowest BCUT2D eigenvalue weighted by Gasteiger charge is -2.53. The van der Waals surface area contributed by atoms with Gasteiger partial charge in [-0.15, -0.1) is 0 Å². The number of fused-ring (bicyclic) bond motifs is 2. The maximum atomic E-state index is 13.1. The highest BCUT2D eigenvalue weighted by Crippen LogP contribution is 2.61. The van der Waals surface area contributed by atoms with Crippen LogP contribution in [0, 0.1) is 22.7 Å². The molecule has 0 N–H and O–H groups in total. The van der Waals surface area contributed by atoms with Crippen molar-refractivity contribution in [1.29, 1.82) is 0 Å². The van der Waals surface area contributed by atoms with Crippen LogP contribution < -0.4 is 0 Å². The smallest absolute Gasteiger partial charge is 0.171 e. The van der Waals surface area contributed by atoms with E-state index < -0.39 is 11.6 Å². The molecule has 0 nitrogen and oxygen atoms in total. The topological polar surface area (TPSA) is 0 Å². The van der Waals surface area contributed by atoms with Gasteiger partial charge in [-0.1, -0.05) is 20.8 Å². The molecule has 2 aliphatic rings. The Labute approximate surface area is 95.6 Å². The fourth-order valence-corrected chi connectivity index (χ4v) is 4.52. The van der Waals surface area contributed by atoms with Gasteiger partial charge in [-0.25, -0.2) is 0 Å². The SMILES string of the molecule is CC1CC2CC(C)(C1)CC(C)(C(F)(F)F)C2. The van der Waals surface area contributed by atoms with Crippen molar-refractivity contribution in [1.82, 2.24) is 0 Å². The highest BCUT2D eigenvalue weighted by atomic mass is 19.4. The number of hydrogen-bond acceptors (Lipinski definition) is 0. The predicted molar refractivity (Wildman–Crippen MR) is 58.0 cm³/mol. The van der Waals surface area contributed by atoms with E-state index in [1.807, 2.05) is 0 Å². The molecule has 0 aliphatic heterocycles. The molecular weight excluding hydrogens is 213 g/mol. The summed E-state index contributed by atoms with van der Waals surface area (Å²) in [5.74, 6) is 0.885. The van der Waals surface area contributed by atoms with E-state index in [1.165, 1.54) is 6.92 Å². The summed E-state index contributed by atoms with van der Waals surface area (Å²) in [5, 5.41) is 0. The van der Waals surface area contributed by atoms with Gasteiger partial charge in [0, 0.05) is 0 Å². The van der Waals surface area contributed by atoms with Gasteiger partial charge in [0.05, 0.1) is 5.41 Å². The van der Waals surface area contributed by atoms with Gasteiger partial charge in [0.15, 0.2) is 0 Å². The highest BCUT2D eigenvalue weighted by Gasteiger charge is 2.58. The van der Waals surface area contributed by atoms with Crippen molar-refractivity contribution in [2.45, 2.75) is 59.1 Å². The van der Waals surface area contributed by atoms with Gasteiger partial charge >= 0.3 is 6.18 Å². The maximum absolute atomic E-state index is 13.1. The Morgan fingerprint density at radius 3 is 2.19 bits per heavy atom. The van der Waals surface area contributed by atoms with E-state index in [9.17, 15) is 13.2 Å². The van der Waals surface area contributed by atoms with Gasteiger partial charge in [-0.2, -0.15) is 13.2 Å². The van der Waals surface area contributed by atoms with E-state index in [4.69, 9.17) is 0 Å². The van der Waals surface area contributed by atoms with Crippen molar-refractivity contribution < 1.29 is 13.2 Å². The Morgan fingerprint density at radius 2 is 1.69 bits per heavy atom. The Balaban J connectivity index is 2.24. The minimum atomic E-state index is -4.03. The van der Waals surface area contributed by atoms with E-state index >= 15 is 0 Å². The lowest BCUT2D eigenvalue weighted by molar-refractivity contribution is -0.250.